The summed E-state index contributed by atoms with van der Waals surface area (Å²) in [5, 5.41) is 14.4. The monoisotopic (exact) mass is 356 g/mol. The Labute approximate surface area is 152 Å². The summed E-state index contributed by atoms with van der Waals surface area (Å²) in [6.45, 7) is 4.08. The molecule has 4 rings (SSSR count). The number of nitrogen functional groups attached to an aromatic ring is 1. The molecule has 7 heteroatoms. The summed E-state index contributed by atoms with van der Waals surface area (Å²) in [4.78, 5) is 3.89. The average molecular weight is 356 g/mol. The van der Waals surface area contributed by atoms with Crippen LogP contribution in [0.2, 0.25) is 0 Å². The molecule has 3 aromatic rings. The molecule has 1 saturated heterocycles. The lowest BCUT2D eigenvalue weighted by atomic mass is 10.1. The van der Waals surface area contributed by atoms with Crippen molar-refractivity contribution in [2.75, 3.05) is 18.9 Å². The van der Waals surface area contributed by atoms with Gasteiger partial charge in [-0.25, -0.2) is 9.50 Å². The van der Waals surface area contributed by atoms with E-state index in [1.807, 2.05) is 25.1 Å². The van der Waals surface area contributed by atoms with Crippen LogP contribution in [0.3, 0.4) is 0 Å². The number of hydrogen-bond acceptors (Lipinski definition) is 6. The number of nitrogens with zero attached hydrogens (tertiary/aromatic N) is 3. The predicted octanol–water partition coefficient (Wildman–Crippen LogP) is 2.49. The van der Waals surface area contributed by atoms with Gasteiger partial charge in [-0.3, -0.25) is 0 Å². The molecule has 1 aliphatic rings. The lowest BCUT2D eigenvalue weighted by Gasteiger charge is -2.20. The van der Waals surface area contributed by atoms with E-state index in [2.05, 4.69) is 22.2 Å². The normalized spacial score (nSPS) is 19.3. The van der Waals surface area contributed by atoms with Gasteiger partial charge in [-0.2, -0.15) is 5.10 Å². The lowest BCUT2D eigenvalue weighted by molar-refractivity contribution is -0.182. The third kappa shape index (κ3) is 4.01. The van der Waals surface area contributed by atoms with Crippen molar-refractivity contribution in [3.63, 3.8) is 0 Å². The summed E-state index contributed by atoms with van der Waals surface area (Å²) in [5.41, 5.74) is 8.24. The maximum atomic E-state index is 10.3. The van der Waals surface area contributed by atoms with Crippen molar-refractivity contribution in [2.24, 2.45) is 0 Å². The Kier molecular flexibility index (Phi) is 5.82. The smallest absolute Gasteiger partial charge is 0.209 e. The van der Waals surface area contributed by atoms with Crippen LogP contribution in [-0.2, 0) is 21.9 Å². The second-order valence-corrected chi connectivity index (χ2v) is 6.02. The van der Waals surface area contributed by atoms with Crippen LogP contribution in [0.5, 0.6) is 0 Å². The molecule has 1 aliphatic heterocycles. The highest BCUT2D eigenvalue weighted by Gasteiger charge is 2.37. The van der Waals surface area contributed by atoms with Crippen molar-refractivity contribution in [2.45, 2.75) is 32.2 Å². The number of anilines is 1. The van der Waals surface area contributed by atoms with Crippen LogP contribution in [0.15, 0.2) is 48.8 Å². The molecule has 0 amide bonds. The van der Waals surface area contributed by atoms with E-state index >= 15 is 0 Å². The summed E-state index contributed by atoms with van der Waals surface area (Å²) >= 11 is 0. The maximum Gasteiger partial charge on any atom is 0.209 e. The van der Waals surface area contributed by atoms with Gasteiger partial charge in [0.25, 0.3) is 0 Å². The van der Waals surface area contributed by atoms with Gasteiger partial charge in [0.15, 0.2) is 5.82 Å². The topological polar surface area (TPSA) is 94.9 Å². The molecule has 26 heavy (non-hydrogen) atoms. The number of ether oxygens (including phenoxy) is 2. The zero-order valence-electron chi connectivity index (χ0n) is 14.8. The predicted molar refractivity (Wildman–Crippen MR) is 98.3 cm³/mol. The van der Waals surface area contributed by atoms with Crippen LogP contribution < -0.4 is 5.73 Å². The fraction of sp³-hybridized carbons (Fsp3) is 0.368. The fourth-order valence-electron chi connectivity index (χ4n) is 2.87. The number of aromatic nitrogens is 3. The Bertz CT molecular complexity index is 829. The SMILES string of the molecule is CCOCc1ccccc1.Nc1ncnn2c(C3(O)CCCO3)ccc12. The van der Waals surface area contributed by atoms with Gasteiger partial charge in [0.05, 0.1) is 13.2 Å². The Morgan fingerprint density at radius 1 is 1.27 bits per heavy atom. The zero-order valence-corrected chi connectivity index (χ0v) is 14.8. The van der Waals surface area contributed by atoms with Crippen molar-refractivity contribution in [3.05, 3.63) is 60.0 Å². The van der Waals surface area contributed by atoms with Gasteiger partial charge in [-0.1, -0.05) is 30.3 Å². The highest BCUT2D eigenvalue weighted by atomic mass is 16.6. The molecule has 2 aromatic heterocycles. The molecule has 1 fully saturated rings. The first-order valence-electron chi connectivity index (χ1n) is 8.71. The van der Waals surface area contributed by atoms with E-state index in [-0.39, 0.29) is 0 Å². The molecule has 7 nitrogen and oxygen atoms in total. The first-order valence-corrected chi connectivity index (χ1v) is 8.71. The van der Waals surface area contributed by atoms with Crippen LogP contribution in [0.4, 0.5) is 5.82 Å². The van der Waals surface area contributed by atoms with Crippen LogP contribution in [0, 0.1) is 0 Å². The molecular formula is C19H24N4O3. The van der Waals surface area contributed by atoms with Crippen LogP contribution in [0.25, 0.3) is 5.52 Å². The molecule has 3 heterocycles. The summed E-state index contributed by atoms with van der Waals surface area (Å²) in [5.74, 6) is -0.851. The third-order valence-corrected chi connectivity index (χ3v) is 4.20. The molecule has 138 valence electrons. The first-order chi connectivity index (χ1) is 12.6. The minimum absolute atomic E-state index is 0.392. The summed E-state index contributed by atoms with van der Waals surface area (Å²) in [7, 11) is 0. The molecule has 1 aromatic carbocycles. The molecule has 1 unspecified atom stereocenters. The Balaban J connectivity index is 0.000000170. The van der Waals surface area contributed by atoms with Gasteiger partial charge in [0.1, 0.15) is 17.5 Å². The quantitative estimate of drug-likeness (QED) is 0.746. The first kappa shape index (κ1) is 18.3. The van der Waals surface area contributed by atoms with E-state index in [1.165, 1.54) is 11.9 Å². The molecule has 0 bridgehead atoms. The number of rotatable bonds is 4. The van der Waals surface area contributed by atoms with Crippen molar-refractivity contribution >= 4 is 11.3 Å². The van der Waals surface area contributed by atoms with E-state index in [1.54, 1.807) is 16.6 Å². The van der Waals surface area contributed by atoms with Gasteiger partial charge >= 0.3 is 0 Å². The van der Waals surface area contributed by atoms with Crippen molar-refractivity contribution < 1.29 is 14.6 Å². The number of benzene rings is 1. The van der Waals surface area contributed by atoms with E-state index < -0.39 is 5.79 Å². The molecule has 1 atom stereocenters. The maximum absolute atomic E-state index is 10.3. The van der Waals surface area contributed by atoms with Crippen molar-refractivity contribution in [3.8, 4) is 0 Å². The Hall–Kier alpha value is -2.48. The molecule has 0 saturated carbocycles. The molecule has 0 aliphatic carbocycles. The van der Waals surface area contributed by atoms with Gasteiger partial charge in [-0.15, -0.1) is 0 Å². The van der Waals surface area contributed by atoms with Crippen LogP contribution in [0.1, 0.15) is 31.0 Å². The Morgan fingerprint density at radius 3 is 2.77 bits per heavy atom. The van der Waals surface area contributed by atoms with Crippen molar-refractivity contribution in [1.82, 2.24) is 14.6 Å². The second kappa shape index (κ2) is 8.27. The minimum Gasteiger partial charge on any atom is -0.382 e. The zero-order chi connectivity index (χ0) is 18.4. The highest BCUT2D eigenvalue weighted by molar-refractivity contribution is 5.65. The highest BCUT2D eigenvalue weighted by Crippen LogP contribution is 2.34. The van der Waals surface area contributed by atoms with Crippen LogP contribution >= 0.6 is 0 Å². The standard InChI is InChI=1S/C10H12N4O2.C9H12O/c11-9-7-2-3-8(14(7)13-6-12-9)10(15)4-1-5-16-10;1-2-10-8-9-6-4-3-5-7-9/h2-3,6,15H,1,4-5H2,(H2,11,12,13);3-7H,2,8H2,1H3. The molecule has 0 radical (unpaired) electrons. The van der Waals surface area contributed by atoms with Crippen LogP contribution in [-0.4, -0.2) is 32.9 Å². The third-order valence-electron chi connectivity index (χ3n) is 4.20. The van der Waals surface area contributed by atoms with E-state index in [0.717, 1.165) is 19.6 Å². The summed E-state index contributed by atoms with van der Waals surface area (Å²) in [6.07, 6.45) is 2.78. The second-order valence-electron chi connectivity index (χ2n) is 6.02. The summed E-state index contributed by atoms with van der Waals surface area (Å²) in [6, 6.07) is 13.7. The molecular weight excluding hydrogens is 332 g/mol. The minimum atomic E-state index is -1.24. The van der Waals surface area contributed by atoms with E-state index in [9.17, 15) is 5.11 Å². The number of aliphatic hydroxyl groups is 1. The van der Waals surface area contributed by atoms with E-state index in [4.69, 9.17) is 15.2 Å². The molecule has 3 N–H and O–H groups in total. The van der Waals surface area contributed by atoms with E-state index in [0.29, 0.717) is 30.1 Å². The largest absolute Gasteiger partial charge is 0.382 e. The summed E-state index contributed by atoms with van der Waals surface area (Å²) < 4.78 is 12.2. The van der Waals surface area contributed by atoms with Gasteiger partial charge in [-0.05, 0) is 31.0 Å². The van der Waals surface area contributed by atoms with Gasteiger partial charge in [0, 0.05) is 13.0 Å². The van der Waals surface area contributed by atoms with Gasteiger partial charge in [0.2, 0.25) is 5.79 Å². The number of nitrogens with two attached hydrogens (primary N) is 1. The number of hydrogen-bond donors (Lipinski definition) is 2. The lowest BCUT2D eigenvalue weighted by Crippen LogP contribution is -2.26. The average Bonchev–Trinajstić information content (AvgIpc) is 3.29. The van der Waals surface area contributed by atoms with Crippen molar-refractivity contribution in [1.29, 1.82) is 0 Å². The fourth-order valence-corrected chi connectivity index (χ4v) is 2.87. The Morgan fingerprint density at radius 2 is 2.08 bits per heavy atom. The molecule has 0 spiro atoms. The number of fused-ring (bicyclic) bond motifs is 1. The van der Waals surface area contributed by atoms with Gasteiger partial charge < -0.3 is 20.3 Å².